The van der Waals surface area contributed by atoms with Crippen LogP contribution < -0.4 is 0 Å². The summed E-state index contributed by atoms with van der Waals surface area (Å²) in [5.41, 5.74) is 0. The zero-order valence-corrected chi connectivity index (χ0v) is 6.99. The Bertz CT molecular complexity index is 211. The van der Waals surface area contributed by atoms with Crippen LogP contribution in [0.1, 0.15) is 0 Å². The van der Waals surface area contributed by atoms with E-state index in [1.807, 2.05) is 0 Å². The molecule has 4 unspecified atom stereocenters. The third-order valence-corrected chi connectivity index (χ3v) is 1.44. The molecule has 0 nitrogen and oxygen atoms in total. The summed E-state index contributed by atoms with van der Waals surface area (Å²) < 4.78 is 95.0. The molecule has 0 aromatic heterocycles. The predicted molar refractivity (Wildman–Crippen MR) is 35.9 cm³/mol. The van der Waals surface area contributed by atoms with Crippen LogP contribution in [0.5, 0.6) is 0 Å². The van der Waals surface area contributed by atoms with Gasteiger partial charge in [-0.1, -0.05) is 0 Å². The molecule has 0 aromatic rings. The maximum absolute atomic E-state index is 12.5. The largest absolute Gasteiger partial charge is 0.272 e. The SMILES string of the molecule is FC(F)=CC(F)C(F)C(F)C(F)C(F)F. The molecule has 0 aliphatic rings. The lowest BCUT2D eigenvalue weighted by atomic mass is 10.1. The quantitative estimate of drug-likeness (QED) is 0.648. The molecule has 0 amide bonds. The average Bonchev–Trinajstić information content (AvgIpc) is 2.13. The molecule has 0 saturated heterocycles. The van der Waals surface area contributed by atoms with Crippen molar-refractivity contribution in [3.05, 3.63) is 12.2 Å². The topological polar surface area (TPSA) is 0 Å². The molecular weight excluding hydrogens is 236 g/mol. The van der Waals surface area contributed by atoms with Crippen molar-refractivity contribution in [2.45, 2.75) is 31.1 Å². The highest BCUT2D eigenvalue weighted by Crippen LogP contribution is 2.23. The Kier molecular flexibility index (Phi) is 5.59. The molecule has 0 aliphatic heterocycles. The first-order chi connectivity index (χ1) is 6.77. The van der Waals surface area contributed by atoms with E-state index < -0.39 is 43.3 Å². The summed E-state index contributed by atoms with van der Waals surface area (Å²) in [5, 5.41) is 0. The summed E-state index contributed by atoms with van der Waals surface area (Å²) in [6.45, 7) is 0. The lowest BCUT2D eigenvalue weighted by Gasteiger charge is -2.17. The van der Waals surface area contributed by atoms with Crippen molar-refractivity contribution < 1.29 is 35.1 Å². The number of hydrogen-bond donors (Lipinski definition) is 0. The zero-order valence-electron chi connectivity index (χ0n) is 6.99. The molecule has 0 bridgehead atoms. The van der Waals surface area contributed by atoms with Crippen molar-refractivity contribution >= 4 is 0 Å². The van der Waals surface area contributed by atoms with Gasteiger partial charge in [0.1, 0.15) is 0 Å². The Labute approximate surface area is 79.6 Å². The molecule has 0 aliphatic carbocycles. The summed E-state index contributed by atoms with van der Waals surface area (Å²) in [4.78, 5) is 0. The third kappa shape index (κ3) is 4.48. The minimum atomic E-state index is -3.84. The van der Waals surface area contributed by atoms with E-state index in [1.54, 1.807) is 0 Å². The van der Waals surface area contributed by atoms with Crippen LogP contribution >= 0.6 is 0 Å². The first-order valence-corrected chi connectivity index (χ1v) is 3.64. The molecule has 0 N–H and O–H groups in total. The van der Waals surface area contributed by atoms with E-state index in [1.165, 1.54) is 0 Å². The molecule has 0 fully saturated rings. The van der Waals surface area contributed by atoms with Crippen molar-refractivity contribution in [2.24, 2.45) is 0 Å². The number of allylic oxidation sites excluding steroid dienone is 1. The van der Waals surface area contributed by atoms with Gasteiger partial charge in [-0.15, -0.1) is 0 Å². The molecule has 0 rings (SSSR count). The standard InChI is InChI=1S/C7H6F8/c8-2(1-3(9)10)4(11)5(12)6(13)7(14)15/h1-2,4-7H. The van der Waals surface area contributed by atoms with Gasteiger partial charge in [-0.2, -0.15) is 8.78 Å². The van der Waals surface area contributed by atoms with E-state index in [0.717, 1.165) is 0 Å². The number of alkyl halides is 6. The van der Waals surface area contributed by atoms with E-state index in [9.17, 15) is 35.1 Å². The molecule has 0 saturated carbocycles. The monoisotopic (exact) mass is 242 g/mol. The minimum Gasteiger partial charge on any atom is -0.241 e. The van der Waals surface area contributed by atoms with Crippen molar-refractivity contribution in [1.82, 2.24) is 0 Å². The first-order valence-electron chi connectivity index (χ1n) is 3.64. The lowest BCUT2D eigenvalue weighted by molar-refractivity contribution is -0.0345. The number of rotatable bonds is 5. The van der Waals surface area contributed by atoms with Crippen LogP contribution in [0, 0.1) is 0 Å². The fourth-order valence-electron chi connectivity index (χ4n) is 0.703. The van der Waals surface area contributed by atoms with Gasteiger partial charge in [-0.25, -0.2) is 26.3 Å². The Hall–Kier alpha value is -0.820. The predicted octanol–water partition coefficient (Wildman–Crippen LogP) is 3.38. The number of hydrogen-bond acceptors (Lipinski definition) is 0. The summed E-state index contributed by atoms with van der Waals surface area (Å²) >= 11 is 0. The van der Waals surface area contributed by atoms with Crippen molar-refractivity contribution in [1.29, 1.82) is 0 Å². The summed E-state index contributed by atoms with van der Waals surface area (Å²) in [7, 11) is 0. The second-order valence-corrected chi connectivity index (χ2v) is 2.57. The van der Waals surface area contributed by atoms with Gasteiger partial charge in [0.05, 0.1) is 0 Å². The van der Waals surface area contributed by atoms with Crippen LogP contribution in [-0.4, -0.2) is 31.1 Å². The zero-order chi connectivity index (χ0) is 12.2. The van der Waals surface area contributed by atoms with Crippen LogP contribution in [0.15, 0.2) is 12.2 Å². The molecule has 0 aromatic carbocycles. The fraction of sp³-hybridized carbons (Fsp3) is 0.714. The highest BCUT2D eigenvalue weighted by atomic mass is 19.3. The smallest absolute Gasteiger partial charge is 0.241 e. The summed E-state index contributed by atoms with van der Waals surface area (Å²) in [6.07, 6.45) is -20.7. The molecule has 15 heavy (non-hydrogen) atoms. The van der Waals surface area contributed by atoms with Gasteiger partial charge < -0.3 is 0 Å². The van der Waals surface area contributed by atoms with E-state index >= 15 is 0 Å². The van der Waals surface area contributed by atoms with Crippen molar-refractivity contribution in [3.8, 4) is 0 Å². The summed E-state index contributed by atoms with van der Waals surface area (Å²) in [5.74, 6) is 0. The van der Waals surface area contributed by atoms with Gasteiger partial charge in [0.2, 0.25) is 0 Å². The Balaban J connectivity index is 4.43. The highest BCUT2D eigenvalue weighted by Gasteiger charge is 2.40. The third-order valence-electron chi connectivity index (χ3n) is 1.44. The van der Waals surface area contributed by atoms with Crippen LogP contribution in [0.2, 0.25) is 0 Å². The maximum Gasteiger partial charge on any atom is 0.272 e. The maximum atomic E-state index is 12.5. The second-order valence-electron chi connectivity index (χ2n) is 2.57. The van der Waals surface area contributed by atoms with Gasteiger partial charge in [0.25, 0.3) is 12.5 Å². The van der Waals surface area contributed by atoms with Gasteiger partial charge in [-0.05, 0) is 0 Å². The Morgan fingerprint density at radius 2 is 1.20 bits per heavy atom. The molecule has 0 radical (unpaired) electrons. The van der Waals surface area contributed by atoms with E-state index in [4.69, 9.17) is 0 Å². The minimum absolute atomic E-state index is 0.616. The fourth-order valence-corrected chi connectivity index (χ4v) is 0.703. The lowest BCUT2D eigenvalue weighted by Crippen LogP contribution is -2.37. The van der Waals surface area contributed by atoms with E-state index in [2.05, 4.69) is 0 Å². The van der Waals surface area contributed by atoms with Crippen LogP contribution in [0.25, 0.3) is 0 Å². The van der Waals surface area contributed by atoms with Crippen LogP contribution in [-0.2, 0) is 0 Å². The molecular formula is C7H6F8. The van der Waals surface area contributed by atoms with Gasteiger partial charge in [-0.3, -0.25) is 0 Å². The van der Waals surface area contributed by atoms with Gasteiger partial charge in [0.15, 0.2) is 24.7 Å². The normalized spacial score (nSPS) is 19.5. The molecule has 0 heterocycles. The molecule has 8 heteroatoms. The first kappa shape index (κ1) is 14.2. The Morgan fingerprint density at radius 1 is 0.733 bits per heavy atom. The molecule has 0 spiro atoms. The van der Waals surface area contributed by atoms with E-state index in [0.29, 0.717) is 0 Å². The second kappa shape index (κ2) is 5.92. The molecule has 4 atom stereocenters. The highest BCUT2D eigenvalue weighted by molar-refractivity contribution is 4.96. The van der Waals surface area contributed by atoms with E-state index in [-0.39, 0.29) is 0 Å². The number of halogens is 8. The Morgan fingerprint density at radius 3 is 1.53 bits per heavy atom. The average molecular weight is 242 g/mol. The van der Waals surface area contributed by atoms with Crippen LogP contribution in [0.4, 0.5) is 35.1 Å². The van der Waals surface area contributed by atoms with Crippen molar-refractivity contribution in [3.63, 3.8) is 0 Å². The van der Waals surface area contributed by atoms with Crippen molar-refractivity contribution in [2.75, 3.05) is 0 Å². The summed E-state index contributed by atoms with van der Waals surface area (Å²) in [6, 6.07) is 0. The van der Waals surface area contributed by atoms with Crippen LogP contribution in [0.3, 0.4) is 0 Å². The molecule has 90 valence electrons. The van der Waals surface area contributed by atoms with Gasteiger partial charge in [0, 0.05) is 6.08 Å². The van der Waals surface area contributed by atoms with Gasteiger partial charge >= 0.3 is 0 Å².